The third-order valence-electron chi connectivity index (χ3n) is 4.87. The van der Waals surface area contributed by atoms with Crippen LogP contribution in [0.4, 0.5) is 0 Å². The normalized spacial score (nSPS) is 22.3. The number of unbranched alkanes of at least 4 members (excludes halogenated alkanes) is 1. The van der Waals surface area contributed by atoms with E-state index in [9.17, 15) is 18.0 Å². The van der Waals surface area contributed by atoms with Crippen molar-refractivity contribution in [2.75, 3.05) is 19.3 Å². The van der Waals surface area contributed by atoms with E-state index in [0.717, 1.165) is 24.7 Å². The molecule has 2 aliphatic heterocycles. The van der Waals surface area contributed by atoms with Gasteiger partial charge in [0.1, 0.15) is 0 Å². The van der Waals surface area contributed by atoms with Crippen LogP contribution in [0.15, 0.2) is 35.4 Å². The molecule has 1 atom stereocenters. The molecule has 0 aromatic heterocycles. The van der Waals surface area contributed by atoms with Crippen LogP contribution in [0, 0.1) is 0 Å². The number of rotatable bonds is 7. The molecule has 158 valence electrons. The van der Waals surface area contributed by atoms with Crippen molar-refractivity contribution >= 4 is 38.8 Å². The highest BCUT2D eigenvalue weighted by Crippen LogP contribution is 2.47. The first-order valence-corrected chi connectivity index (χ1v) is 12.4. The van der Waals surface area contributed by atoms with Gasteiger partial charge < -0.3 is 0 Å². The molecular formula is C19H26N4O4S2. The smallest absolute Gasteiger partial charge is 0.244 e. The van der Waals surface area contributed by atoms with Gasteiger partial charge in [-0.15, -0.1) is 5.10 Å². The number of carbonyl (C=O) groups excluding carboxylic acids is 2. The van der Waals surface area contributed by atoms with E-state index in [1.165, 1.54) is 16.8 Å². The van der Waals surface area contributed by atoms with Crippen molar-refractivity contribution in [3.8, 4) is 0 Å². The first-order valence-electron chi connectivity index (χ1n) is 9.68. The zero-order valence-corrected chi connectivity index (χ0v) is 18.3. The summed E-state index contributed by atoms with van der Waals surface area (Å²) in [5.74, 6) is -0.225. The molecule has 2 heterocycles. The Labute approximate surface area is 175 Å². The highest BCUT2D eigenvalue weighted by Gasteiger charge is 2.50. The highest BCUT2D eigenvalue weighted by atomic mass is 32.2. The first-order chi connectivity index (χ1) is 13.8. The van der Waals surface area contributed by atoms with Gasteiger partial charge in [0.15, 0.2) is 10.0 Å². The number of nitrogens with zero attached hydrogens (tertiary/aromatic N) is 3. The van der Waals surface area contributed by atoms with Crippen molar-refractivity contribution in [2.24, 2.45) is 5.10 Å². The van der Waals surface area contributed by atoms with Gasteiger partial charge in [0, 0.05) is 19.4 Å². The first kappa shape index (κ1) is 21.8. The number of hydrazone groups is 1. The summed E-state index contributed by atoms with van der Waals surface area (Å²) in [4.78, 5) is 25.9. The van der Waals surface area contributed by atoms with E-state index >= 15 is 0 Å². The lowest BCUT2D eigenvalue weighted by atomic mass is 10.1. The molecular weight excluding hydrogens is 412 g/mol. The largest absolute Gasteiger partial charge is 0.290 e. The van der Waals surface area contributed by atoms with Crippen LogP contribution in [0.3, 0.4) is 0 Å². The second-order valence-electron chi connectivity index (χ2n) is 7.19. The Morgan fingerprint density at radius 2 is 2.03 bits per heavy atom. The molecule has 29 heavy (non-hydrogen) atoms. The quantitative estimate of drug-likeness (QED) is 0.702. The van der Waals surface area contributed by atoms with Crippen molar-refractivity contribution in [1.82, 2.24) is 14.6 Å². The number of nitrogens with one attached hydrogen (secondary N) is 1. The SMILES string of the molecule is CCCCC(=O)N1N=C(N2CCCC2=O)SC1(CNS(C)(=O)=O)c1ccccc1. The van der Waals surface area contributed by atoms with Gasteiger partial charge in [0.05, 0.1) is 12.8 Å². The minimum Gasteiger partial charge on any atom is -0.290 e. The van der Waals surface area contributed by atoms with Crippen LogP contribution in [-0.4, -0.2) is 54.7 Å². The number of amidine groups is 1. The van der Waals surface area contributed by atoms with Crippen molar-refractivity contribution in [3.05, 3.63) is 35.9 Å². The molecule has 0 bridgehead atoms. The fourth-order valence-electron chi connectivity index (χ4n) is 3.35. The van der Waals surface area contributed by atoms with Crippen LogP contribution in [0.2, 0.25) is 0 Å². The van der Waals surface area contributed by atoms with Gasteiger partial charge in [0.2, 0.25) is 21.8 Å². The Hall–Kier alpha value is -1.91. The predicted octanol–water partition coefficient (Wildman–Crippen LogP) is 2.05. The van der Waals surface area contributed by atoms with Crippen LogP contribution < -0.4 is 4.72 Å². The average Bonchev–Trinajstić information content (AvgIpc) is 3.29. The molecule has 1 aromatic carbocycles. The molecule has 1 fully saturated rings. The van der Waals surface area contributed by atoms with Crippen LogP contribution in [0.5, 0.6) is 0 Å². The summed E-state index contributed by atoms with van der Waals surface area (Å²) in [5, 5.41) is 6.36. The topological polar surface area (TPSA) is 99.2 Å². The minimum absolute atomic E-state index is 0.0304. The molecule has 10 heteroatoms. The monoisotopic (exact) mass is 438 g/mol. The van der Waals surface area contributed by atoms with Crippen molar-refractivity contribution < 1.29 is 18.0 Å². The van der Waals surface area contributed by atoms with Gasteiger partial charge >= 0.3 is 0 Å². The standard InChI is InChI=1S/C19H26N4O4S2/c1-3-4-11-17(25)23-19(14-20-29(2,26)27,15-9-6-5-7-10-15)28-18(21-23)22-13-8-12-16(22)24/h5-7,9-10,20H,3-4,8,11-14H2,1-2H3. The molecule has 2 aliphatic rings. The third kappa shape index (κ3) is 4.81. The number of amides is 2. The molecule has 1 unspecified atom stereocenters. The second kappa shape index (κ2) is 8.85. The molecule has 3 rings (SSSR count). The Morgan fingerprint density at radius 3 is 2.62 bits per heavy atom. The second-order valence-corrected chi connectivity index (χ2v) is 10.3. The van der Waals surface area contributed by atoms with Crippen LogP contribution in [0.25, 0.3) is 0 Å². The molecule has 1 N–H and O–H groups in total. The summed E-state index contributed by atoms with van der Waals surface area (Å²) in [7, 11) is -3.50. The van der Waals surface area contributed by atoms with Crippen LogP contribution in [-0.2, 0) is 24.5 Å². The average molecular weight is 439 g/mol. The van der Waals surface area contributed by atoms with Gasteiger partial charge in [-0.05, 0) is 30.2 Å². The molecule has 2 amide bonds. The maximum absolute atomic E-state index is 13.1. The zero-order valence-electron chi connectivity index (χ0n) is 16.6. The number of hydrogen-bond acceptors (Lipinski definition) is 6. The molecule has 0 aliphatic carbocycles. The van der Waals surface area contributed by atoms with E-state index < -0.39 is 14.9 Å². The lowest BCUT2D eigenvalue weighted by molar-refractivity contribution is -0.134. The van der Waals surface area contributed by atoms with Gasteiger partial charge in [-0.25, -0.2) is 18.1 Å². The zero-order chi connectivity index (χ0) is 21.1. The van der Waals surface area contributed by atoms with E-state index in [-0.39, 0.29) is 18.4 Å². The Bertz CT molecular complexity index is 904. The minimum atomic E-state index is -3.50. The number of likely N-dealkylation sites (tertiary alicyclic amines) is 1. The van der Waals surface area contributed by atoms with Crippen LogP contribution >= 0.6 is 11.8 Å². The number of hydrogen-bond donors (Lipinski definition) is 1. The maximum atomic E-state index is 13.1. The van der Waals surface area contributed by atoms with Gasteiger partial charge in [0.25, 0.3) is 0 Å². The van der Waals surface area contributed by atoms with Crippen molar-refractivity contribution in [1.29, 1.82) is 0 Å². The van der Waals surface area contributed by atoms with Gasteiger partial charge in [-0.2, -0.15) is 0 Å². The van der Waals surface area contributed by atoms with E-state index in [4.69, 9.17) is 0 Å². The summed E-state index contributed by atoms with van der Waals surface area (Å²) >= 11 is 1.26. The molecule has 8 nitrogen and oxygen atoms in total. The fraction of sp³-hybridized carbons (Fsp3) is 0.526. The number of carbonyl (C=O) groups is 2. The van der Waals surface area contributed by atoms with Gasteiger partial charge in [-0.3, -0.25) is 14.5 Å². The number of thioether (sulfide) groups is 1. The summed E-state index contributed by atoms with van der Waals surface area (Å²) < 4.78 is 26.3. The Balaban J connectivity index is 2.04. The number of benzene rings is 1. The maximum Gasteiger partial charge on any atom is 0.244 e. The Kier molecular flexibility index (Phi) is 6.65. The summed E-state index contributed by atoms with van der Waals surface area (Å²) in [5.41, 5.74) is 0.747. The van der Waals surface area contributed by atoms with Crippen molar-refractivity contribution in [2.45, 2.75) is 43.9 Å². The summed E-state index contributed by atoms with van der Waals surface area (Å²) in [6.07, 6.45) is 4.13. The van der Waals surface area contributed by atoms with E-state index in [0.29, 0.717) is 31.0 Å². The van der Waals surface area contributed by atoms with E-state index in [1.807, 2.05) is 37.3 Å². The van der Waals surface area contributed by atoms with E-state index in [2.05, 4.69) is 9.82 Å². The fourth-order valence-corrected chi connectivity index (χ4v) is 5.27. The highest BCUT2D eigenvalue weighted by molar-refractivity contribution is 8.14. The summed E-state index contributed by atoms with van der Waals surface area (Å²) in [6, 6.07) is 9.23. The van der Waals surface area contributed by atoms with Gasteiger partial charge in [-0.1, -0.05) is 43.7 Å². The molecule has 0 radical (unpaired) electrons. The lowest BCUT2D eigenvalue weighted by Gasteiger charge is -2.35. The Morgan fingerprint density at radius 1 is 1.31 bits per heavy atom. The molecule has 1 saturated heterocycles. The summed E-state index contributed by atoms with van der Waals surface area (Å²) in [6.45, 7) is 2.50. The molecule has 0 saturated carbocycles. The predicted molar refractivity (Wildman–Crippen MR) is 113 cm³/mol. The molecule has 0 spiro atoms. The number of sulfonamides is 1. The van der Waals surface area contributed by atoms with E-state index in [1.54, 1.807) is 4.90 Å². The third-order valence-corrected chi connectivity index (χ3v) is 6.92. The van der Waals surface area contributed by atoms with Crippen LogP contribution in [0.1, 0.15) is 44.6 Å². The molecule has 1 aromatic rings. The van der Waals surface area contributed by atoms with Crippen molar-refractivity contribution in [3.63, 3.8) is 0 Å². The lowest BCUT2D eigenvalue weighted by Crippen LogP contribution is -2.49.